The molecule has 10 nitrogen and oxygen atoms in total. The van der Waals surface area contributed by atoms with Crippen molar-refractivity contribution in [3.05, 3.63) is 35.4 Å². The second-order valence-electron chi connectivity index (χ2n) is 12.2. The molecule has 0 radical (unpaired) electrons. The summed E-state index contributed by atoms with van der Waals surface area (Å²) >= 11 is 0. The molecule has 1 aliphatic heterocycles. The normalized spacial score (nSPS) is 24.4. The number of ketones is 1. The van der Waals surface area contributed by atoms with Crippen molar-refractivity contribution in [1.29, 1.82) is 0 Å². The van der Waals surface area contributed by atoms with Crippen molar-refractivity contribution < 1.29 is 24.0 Å². The maximum absolute atomic E-state index is 14.2. The van der Waals surface area contributed by atoms with E-state index in [1.54, 1.807) is 4.90 Å². The third kappa shape index (κ3) is 5.65. The lowest BCUT2D eigenvalue weighted by molar-refractivity contribution is -0.144. The number of hydrogen-bond donors (Lipinski definition) is 4. The summed E-state index contributed by atoms with van der Waals surface area (Å²) in [5, 5.41) is 8.45. The molecule has 2 fully saturated rings. The van der Waals surface area contributed by atoms with Gasteiger partial charge in [0, 0.05) is 12.6 Å². The van der Waals surface area contributed by atoms with Crippen LogP contribution < -0.4 is 21.7 Å². The number of Topliss-reactive ketones (excluding diaryl/α,β-unsaturated/α-hetero) is 1. The molecule has 1 aromatic rings. The Hall–Kier alpha value is -3.43. The number of nitrogens with one attached hydrogen (secondary N) is 3. The van der Waals surface area contributed by atoms with Crippen molar-refractivity contribution >= 4 is 29.5 Å². The number of amides is 5. The van der Waals surface area contributed by atoms with E-state index in [1.165, 1.54) is 0 Å². The summed E-state index contributed by atoms with van der Waals surface area (Å²) in [5.74, 6) is -2.83. The van der Waals surface area contributed by atoms with E-state index in [1.807, 2.05) is 45.0 Å². The standard InChI is InChI=1S/C29H41N5O5/c1-6-9-20(24(35)25(30)36)32-26(37)23-21-19(29(21,4)5)14-34(23)27(38)22(33-28(39)31-15(2)3)18-12-16-10-7-8-11-17(16)13-18/h7-8,10-11,15,18-23H,6,9,12-14H2,1-5H3,(H2,30,36)(H,32,37)(H2,31,33,39)/t19?,20?,21?,22-,23-/m0/s1. The monoisotopic (exact) mass is 539 g/mol. The number of urea groups is 1. The van der Waals surface area contributed by atoms with Gasteiger partial charge in [0.2, 0.25) is 17.6 Å². The van der Waals surface area contributed by atoms with Crippen LogP contribution in [0.5, 0.6) is 0 Å². The van der Waals surface area contributed by atoms with Crippen LogP contribution in [0.3, 0.4) is 0 Å². The predicted octanol–water partition coefficient (Wildman–Crippen LogP) is 1.30. The second kappa shape index (κ2) is 11.0. The molecule has 3 unspecified atom stereocenters. The smallest absolute Gasteiger partial charge is 0.315 e. The molecule has 1 saturated carbocycles. The van der Waals surface area contributed by atoms with Gasteiger partial charge in [0.1, 0.15) is 12.1 Å². The van der Waals surface area contributed by atoms with Gasteiger partial charge in [0.25, 0.3) is 5.91 Å². The molecule has 39 heavy (non-hydrogen) atoms. The number of benzene rings is 1. The van der Waals surface area contributed by atoms with Crippen LogP contribution in [0.4, 0.5) is 4.79 Å². The van der Waals surface area contributed by atoms with Gasteiger partial charge < -0.3 is 26.6 Å². The molecular weight excluding hydrogens is 498 g/mol. The Morgan fingerprint density at radius 3 is 2.18 bits per heavy atom. The Kier molecular flexibility index (Phi) is 8.04. The summed E-state index contributed by atoms with van der Waals surface area (Å²) < 4.78 is 0. The van der Waals surface area contributed by atoms with E-state index in [0.717, 1.165) is 11.1 Å². The number of nitrogens with two attached hydrogens (primary N) is 1. The molecule has 0 bridgehead atoms. The summed E-state index contributed by atoms with van der Waals surface area (Å²) in [7, 11) is 0. The number of piperidine rings is 1. The van der Waals surface area contributed by atoms with E-state index >= 15 is 0 Å². The van der Waals surface area contributed by atoms with E-state index in [-0.39, 0.29) is 41.5 Å². The molecule has 0 spiro atoms. The van der Waals surface area contributed by atoms with E-state index in [2.05, 4.69) is 29.8 Å². The van der Waals surface area contributed by atoms with Gasteiger partial charge in [0.15, 0.2) is 0 Å². The van der Waals surface area contributed by atoms with Crippen LogP contribution >= 0.6 is 0 Å². The minimum absolute atomic E-state index is 0.0849. The van der Waals surface area contributed by atoms with Crippen molar-refractivity contribution in [2.75, 3.05) is 6.54 Å². The summed E-state index contributed by atoms with van der Waals surface area (Å²) in [5.41, 5.74) is 7.38. The molecule has 212 valence electrons. The fourth-order valence-electron chi connectivity index (χ4n) is 6.63. The number of fused-ring (bicyclic) bond motifs is 2. The number of hydrogen-bond acceptors (Lipinski definition) is 5. The lowest BCUT2D eigenvalue weighted by atomic mass is 9.93. The predicted molar refractivity (Wildman–Crippen MR) is 145 cm³/mol. The zero-order chi connectivity index (χ0) is 28.6. The first-order valence-corrected chi connectivity index (χ1v) is 13.9. The van der Waals surface area contributed by atoms with Gasteiger partial charge in [-0.25, -0.2) is 4.79 Å². The van der Waals surface area contributed by atoms with Crippen LogP contribution in [0.25, 0.3) is 0 Å². The first kappa shape index (κ1) is 28.6. The zero-order valence-corrected chi connectivity index (χ0v) is 23.5. The minimum Gasteiger partial charge on any atom is -0.363 e. The van der Waals surface area contributed by atoms with Crippen molar-refractivity contribution in [1.82, 2.24) is 20.9 Å². The Morgan fingerprint density at radius 1 is 1.03 bits per heavy atom. The average Bonchev–Trinajstić information content (AvgIpc) is 3.24. The third-order valence-electron chi connectivity index (χ3n) is 8.74. The highest BCUT2D eigenvalue weighted by atomic mass is 16.2. The summed E-state index contributed by atoms with van der Waals surface area (Å²) in [6.07, 6.45) is 2.12. The van der Waals surface area contributed by atoms with Gasteiger partial charge in [0.05, 0.1) is 6.04 Å². The Morgan fingerprint density at radius 2 is 1.64 bits per heavy atom. The fourth-order valence-corrected chi connectivity index (χ4v) is 6.63. The summed E-state index contributed by atoms with van der Waals surface area (Å²) in [6.45, 7) is 10.1. The summed E-state index contributed by atoms with van der Waals surface area (Å²) in [6, 6.07) is 4.80. The minimum atomic E-state index is -1.10. The first-order chi connectivity index (χ1) is 18.4. The molecule has 3 aliphatic rings. The lowest BCUT2D eigenvalue weighted by Gasteiger charge is -2.35. The Labute approximate surface area is 229 Å². The lowest BCUT2D eigenvalue weighted by Crippen LogP contribution is -2.60. The average molecular weight is 540 g/mol. The molecule has 1 aromatic carbocycles. The topological polar surface area (TPSA) is 151 Å². The van der Waals surface area contributed by atoms with Gasteiger partial charge in [-0.2, -0.15) is 0 Å². The van der Waals surface area contributed by atoms with Crippen molar-refractivity contribution in [2.24, 2.45) is 28.9 Å². The second-order valence-corrected chi connectivity index (χ2v) is 12.2. The highest BCUT2D eigenvalue weighted by molar-refractivity contribution is 6.37. The van der Waals surface area contributed by atoms with Crippen molar-refractivity contribution in [3.8, 4) is 0 Å². The van der Waals surface area contributed by atoms with Gasteiger partial charge in [-0.3, -0.25) is 19.2 Å². The number of carbonyl (C=O) groups is 5. The maximum Gasteiger partial charge on any atom is 0.315 e. The van der Waals surface area contributed by atoms with Crippen LogP contribution in [0.2, 0.25) is 0 Å². The number of rotatable bonds is 10. The molecule has 5 amide bonds. The van der Waals surface area contributed by atoms with Gasteiger partial charge >= 0.3 is 6.03 Å². The molecule has 0 aromatic heterocycles. The molecule has 1 saturated heterocycles. The highest BCUT2D eigenvalue weighted by Gasteiger charge is 2.69. The van der Waals surface area contributed by atoms with E-state index in [4.69, 9.17) is 5.73 Å². The molecule has 4 rings (SSSR count). The van der Waals surface area contributed by atoms with Crippen LogP contribution in [0.1, 0.15) is 58.6 Å². The zero-order valence-electron chi connectivity index (χ0n) is 23.5. The Bertz CT molecular complexity index is 1140. The van der Waals surface area contributed by atoms with Crippen LogP contribution in [-0.2, 0) is 32.0 Å². The fraction of sp³-hybridized carbons (Fsp3) is 0.621. The van der Waals surface area contributed by atoms with Crippen LogP contribution in [-0.4, -0.2) is 65.1 Å². The SMILES string of the molecule is CCCC(NC(=O)[C@@H]1C2C(CN1C(=O)[C@@H](NC(=O)NC(C)C)C1Cc3ccccc3C1)C2(C)C)C(=O)C(N)=O. The largest absolute Gasteiger partial charge is 0.363 e. The third-order valence-corrected chi connectivity index (χ3v) is 8.74. The van der Waals surface area contributed by atoms with Gasteiger partial charge in [-0.1, -0.05) is 51.5 Å². The van der Waals surface area contributed by atoms with E-state index < -0.39 is 41.8 Å². The van der Waals surface area contributed by atoms with Crippen LogP contribution in [0, 0.1) is 23.2 Å². The number of primary amides is 1. The highest BCUT2D eigenvalue weighted by Crippen LogP contribution is 2.65. The molecule has 1 heterocycles. The molecular formula is C29H41N5O5. The van der Waals surface area contributed by atoms with E-state index in [0.29, 0.717) is 25.8 Å². The quantitative estimate of drug-likeness (QED) is 0.331. The van der Waals surface area contributed by atoms with Gasteiger partial charge in [-0.15, -0.1) is 0 Å². The Balaban J connectivity index is 1.60. The number of carbonyl (C=O) groups excluding carboxylic acids is 5. The number of likely N-dealkylation sites (tertiary alicyclic amines) is 1. The molecule has 5 N–H and O–H groups in total. The maximum atomic E-state index is 14.2. The summed E-state index contributed by atoms with van der Waals surface area (Å²) in [4.78, 5) is 66.3. The molecule has 2 aliphatic carbocycles. The first-order valence-electron chi connectivity index (χ1n) is 13.9. The van der Waals surface area contributed by atoms with E-state index in [9.17, 15) is 24.0 Å². The molecule has 5 atom stereocenters. The number of nitrogens with zero attached hydrogens (tertiary/aromatic N) is 1. The van der Waals surface area contributed by atoms with Gasteiger partial charge in [-0.05, 0) is 67.4 Å². The molecule has 10 heteroatoms. The van der Waals surface area contributed by atoms with Crippen LogP contribution in [0.15, 0.2) is 24.3 Å². The van der Waals surface area contributed by atoms with Crippen molar-refractivity contribution in [2.45, 2.75) is 84.5 Å². The van der Waals surface area contributed by atoms with Crippen molar-refractivity contribution in [3.63, 3.8) is 0 Å².